The molecular weight excluding hydrogens is 885 g/mol. The number of thiazole rings is 1. The minimum Gasteiger partial charge on any atom is -0.481 e. The van der Waals surface area contributed by atoms with E-state index in [2.05, 4.69) is 39.7 Å². The molecule has 5 heterocycles. The smallest absolute Gasteiger partial charge is 0.306 e. The third-order valence-electron chi connectivity index (χ3n) is 12.7. The van der Waals surface area contributed by atoms with Crippen molar-refractivity contribution in [1.82, 2.24) is 35.3 Å². The van der Waals surface area contributed by atoms with Crippen molar-refractivity contribution < 1.29 is 29.4 Å². The number of nitrogens with one attached hydrogen (secondary N) is 2. The van der Waals surface area contributed by atoms with Gasteiger partial charge in [0.05, 0.1) is 40.4 Å². The van der Waals surface area contributed by atoms with Crippen LogP contribution in [0.5, 0.6) is 0 Å². The molecule has 0 aliphatic carbocycles. The number of carboxylic acid groups (broad SMARTS) is 1. The van der Waals surface area contributed by atoms with Crippen molar-refractivity contribution in [3.8, 4) is 26.6 Å². The second kappa shape index (κ2) is 19.1. The number of aromatic nitrogens is 4. The molecule has 0 radical (unpaired) electrons. The first-order valence-electron chi connectivity index (χ1n) is 22.5. The highest BCUT2D eigenvalue weighted by atomic mass is 32.1. The van der Waals surface area contributed by atoms with Crippen molar-refractivity contribution in [2.24, 2.45) is 10.4 Å². The van der Waals surface area contributed by atoms with E-state index in [-0.39, 0.29) is 43.7 Å². The number of carboxylic acids is 1. The van der Waals surface area contributed by atoms with Crippen LogP contribution in [0, 0.1) is 33.1 Å². The van der Waals surface area contributed by atoms with Crippen molar-refractivity contribution in [1.29, 1.82) is 0 Å². The average molecular weight is 941 g/mol. The second-order valence-corrected chi connectivity index (χ2v) is 20.7. The van der Waals surface area contributed by atoms with Crippen LogP contribution in [0.4, 0.5) is 0 Å². The Balaban J connectivity index is 0.927. The lowest BCUT2D eigenvalue weighted by Gasteiger charge is -2.35. The largest absolute Gasteiger partial charge is 0.481 e. The molecule has 0 spiro atoms. The average Bonchev–Trinajstić information content (AvgIpc) is 4.06. The highest BCUT2D eigenvalue weighted by molar-refractivity contribution is 7.15. The third-order valence-corrected chi connectivity index (χ3v) is 14.9. The number of β-amino-alcohol motifs (C(OH)–C–C–N with tert-alkyl or cyclic N) is 1. The molecule has 3 aromatic heterocycles. The molecule has 0 unspecified atom stereocenters. The standard InChI is InChI=1S/C51H56N8O6S2/c1-27-30(4)67-50-43(27)44(54-39(24-42(62)63)47-57-56-31(5)59(47)50)35-17-15-34(16-18-35)37-11-9-10-32(22-37)12-21-41(61)55-46(51(6,7)8)49(65)58-25-38(60)23-40(58)48(64)53-28(2)33-13-19-36(20-14-33)45-29(3)52-26-66-45/h9-11,13-20,22,26,28,38-40,46,60H,12,21,23-25H2,1-8H3,(H,53,64)(H,55,61)(H,62,63)/t28-,38+,39-,40-,46+/m0/s1. The Hall–Kier alpha value is -6.36. The first-order chi connectivity index (χ1) is 31.9. The zero-order chi connectivity index (χ0) is 47.9. The molecular formula is C51H56N8O6S2. The van der Waals surface area contributed by atoms with Crippen LogP contribution in [0.25, 0.3) is 26.6 Å². The molecule has 67 heavy (non-hydrogen) atoms. The number of benzene rings is 3. The summed E-state index contributed by atoms with van der Waals surface area (Å²) in [6, 6.07) is 21.1. The number of hydrogen-bond acceptors (Lipinski definition) is 11. The van der Waals surface area contributed by atoms with E-state index < -0.39 is 41.5 Å². The zero-order valence-electron chi connectivity index (χ0n) is 39.0. The molecule has 6 aromatic rings. The molecule has 4 N–H and O–H groups in total. The maximum Gasteiger partial charge on any atom is 0.306 e. The predicted octanol–water partition coefficient (Wildman–Crippen LogP) is 8.02. The van der Waals surface area contributed by atoms with Gasteiger partial charge in [0.25, 0.3) is 0 Å². The van der Waals surface area contributed by atoms with Crippen LogP contribution >= 0.6 is 22.7 Å². The van der Waals surface area contributed by atoms with Crippen LogP contribution in [0.2, 0.25) is 0 Å². The number of aliphatic hydroxyl groups is 1. The summed E-state index contributed by atoms with van der Waals surface area (Å²) in [7, 11) is 0. The number of carbonyl (C=O) groups is 4. The summed E-state index contributed by atoms with van der Waals surface area (Å²) in [5, 5.41) is 36.2. The fraction of sp³-hybridized carbons (Fsp3) is 0.373. The van der Waals surface area contributed by atoms with Crippen molar-refractivity contribution in [2.75, 3.05) is 6.54 Å². The molecule has 5 atom stereocenters. The molecule has 1 saturated heterocycles. The van der Waals surface area contributed by atoms with E-state index in [9.17, 15) is 29.4 Å². The highest BCUT2D eigenvalue weighted by Gasteiger charge is 2.45. The number of rotatable bonds is 13. The maximum atomic E-state index is 14.3. The second-order valence-electron chi connectivity index (χ2n) is 18.7. The summed E-state index contributed by atoms with van der Waals surface area (Å²) in [6.45, 7) is 15.5. The lowest BCUT2D eigenvalue weighted by atomic mass is 9.85. The van der Waals surface area contributed by atoms with Gasteiger partial charge in [-0.3, -0.25) is 28.7 Å². The van der Waals surface area contributed by atoms with E-state index in [1.54, 1.807) is 22.7 Å². The number of fused-ring (bicyclic) bond motifs is 3. The minimum absolute atomic E-state index is 0.0124. The summed E-state index contributed by atoms with van der Waals surface area (Å²) in [4.78, 5) is 66.8. The van der Waals surface area contributed by atoms with Crippen molar-refractivity contribution in [3.63, 3.8) is 0 Å². The predicted molar refractivity (Wildman–Crippen MR) is 261 cm³/mol. The first kappa shape index (κ1) is 47.1. The van der Waals surface area contributed by atoms with Gasteiger partial charge < -0.3 is 25.7 Å². The fourth-order valence-electron chi connectivity index (χ4n) is 8.92. The van der Waals surface area contributed by atoms with Gasteiger partial charge in [-0.2, -0.15) is 0 Å². The maximum absolute atomic E-state index is 14.3. The third kappa shape index (κ3) is 9.88. The van der Waals surface area contributed by atoms with Crippen molar-refractivity contribution in [3.05, 3.63) is 128 Å². The van der Waals surface area contributed by atoms with Crippen LogP contribution in [0.1, 0.15) is 109 Å². The highest BCUT2D eigenvalue weighted by Crippen LogP contribution is 2.40. The summed E-state index contributed by atoms with van der Waals surface area (Å²) in [5.41, 5.74) is 10.5. The van der Waals surface area contributed by atoms with E-state index in [4.69, 9.17) is 4.99 Å². The van der Waals surface area contributed by atoms with E-state index in [1.807, 2.05) is 124 Å². The molecule has 348 valence electrons. The normalized spacial score (nSPS) is 17.8. The van der Waals surface area contributed by atoms with E-state index in [0.717, 1.165) is 65.0 Å². The van der Waals surface area contributed by atoms with E-state index in [0.29, 0.717) is 23.8 Å². The topological polar surface area (TPSA) is 192 Å². The first-order valence-corrected chi connectivity index (χ1v) is 24.2. The number of carbonyl (C=O) groups excluding carboxylic acids is 3. The molecule has 8 rings (SSSR count). The quantitative estimate of drug-likeness (QED) is 0.0888. The minimum atomic E-state index is -0.974. The van der Waals surface area contributed by atoms with Crippen LogP contribution in [0.3, 0.4) is 0 Å². The molecule has 0 saturated carbocycles. The van der Waals surface area contributed by atoms with Crippen molar-refractivity contribution in [2.45, 2.75) is 111 Å². The van der Waals surface area contributed by atoms with Crippen LogP contribution < -0.4 is 10.6 Å². The Bertz CT molecular complexity index is 2870. The number of aliphatic imine (C=N–C) groups is 1. The van der Waals surface area contributed by atoms with Gasteiger partial charge in [-0.05, 0) is 79.8 Å². The number of likely N-dealkylation sites (tertiary alicyclic amines) is 1. The molecule has 16 heteroatoms. The monoisotopic (exact) mass is 940 g/mol. The number of aliphatic carboxylic acids is 1. The molecule has 2 aliphatic heterocycles. The van der Waals surface area contributed by atoms with Crippen LogP contribution in [-0.2, 0) is 25.6 Å². The molecule has 2 aliphatic rings. The van der Waals surface area contributed by atoms with Gasteiger partial charge in [0.15, 0.2) is 5.82 Å². The van der Waals surface area contributed by atoms with E-state index in [1.165, 1.54) is 4.90 Å². The Kier molecular flexibility index (Phi) is 13.4. The lowest BCUT2D eigenvalue weighted by Crippen LogP contribution is -2.57. The van der Waals surface area contributed by atoms with Gasteiger partial charge in [0.1, 0.15) is 29.0 Å². The Morgan fingerprint density at radius 2 is 1.60 bits per heavy atom. The molecule has 0 bridgehead atoms. The number of thiophene rings is 1. The van der Waals surface area contributed by atoms with Gasteiger partial charge in [-0.1, -0.05) is 93.6 Å². The van der Waals surface area contributed by atoms with Gasteiger partial charge in [0, 0.05) is 35.4 Å². The van der Waals surface area contributed by atoms with Crippen LogP contribution in [0.15, 0.2) is 83.3 Å². The number of aliphatic hydroxyl groups excluding tert-OH is 1. The molecule has 1 fully saturated rings. The van der Waals surface area contributed by atoms with E-state index >= 15 is 0 Å². The van der Waals surface area contributed by atoms with Crippen molar-refractivity contribution >= 4 is 52.1 Å². The SMILES string of the molecule is Cc1ncsc1-c1ccc([C@H](C)NC(=O)[C@@H]2C[C@@H](O)CN2C(=O)[C@@H](NC(=O)CCc2cccc(-c3ccc(C4=N[C@@H](CC(=O)O)c5nnc(C)n5-c5sc(C)c(C)c54)cc3)c2)C(C)(C)C)cc1. The number of amides is 3. The van der Waals surface area contributed by atoms with Gasteiger partial charge in [-0.15, -0.1) is 32.9 Å². The summed E-state index contributed by atoms with van der Waals surface area (Å²) in [5.74, 6) is -0.870. The Morgan fingerprint density at radius 3 is 2.27 bits per heavy atom. The van der Waals surface area contributed by atoms with Gasteiger partial charge in [0.2, 0.25) is 17.7 Å². The van der Waals surface area contributed by atoms with Gasteiger partial charge >= 0.3 is 5.97 Å². The Morgan fingerprint density at radius 1 is 0.896 bits per heavy atom. The zero-order valence-corrected chi connectivity index (χ0v) is 40.6. The van der Waals surface area contributed by atoms with Gasteiger partial charge in [-0.25, -0.2) is 4.98 Å². The molecule has 3 aromatic carbocycles. The lowest BCUT2D eigenvalue weighted by molar-refractivity contribution is -0.144. The van der Waals surface area contributed by atoms with Crippen LogP contribution in [-0.4, -0.2) is 89.0 Å². The summed E-state index contributed by atoms with van der Waals surface area (Å²) >= 11 is 3.19. The molecule has 3 amide bonds. The Labute approximate surface area is 398 Å². The molecule has 14 nitrogen and oxygen atoms in total. The number of aryl methyl sites for hydroxylation is 4. The number of hydrogen-bond donors (Lipinski definition) is 4. The number of nitrogens with zero attached hydrogens (tertiary/aromatic N) is 6. The summed E-state index contributed by atoms with van der Waals surface area (Å²) < 4.78 is 1.94. The summed E-state index contributed by atoms with van der Waals surface area (Å²) in [6.07, 6.45) is -0.464. The fourth-order valence-corrected chi connectivity index (χ4v) is 10.9.